The van der Waals surface area contributed by atoms with E-state index in [-0.39, 0.29) is 6.41 Å². The Morgan fingerprint density at radius 3 is 2.00 bits per heavy atom. The lowest BCUT2D eigenvalue weighted by molar-refractivity contribution is -0.106. The van der Waals surface area contributed by atoms with Crippen molar-refractivity contribution in [3.8, 4) is 0 Å². The van der Waals surface area contributed by atoms with Crippen molar-refractivity contribution >= 4 is 6.41 Å². The number of hydrogen-bond acceptors (Lipinski definition) is 2. The van der Waals surface area contributed by atoms with E-state index in [1.807, 2.05) is 0 Å². The van der Waals surface area contributed by atoms with Crippen LogP contribution in [0.3, 0.4) is 0 Å². The number of piperidine rings is 1. The summed E-state index contributed by atoms with van der Waals surface area (Å²) >= 11 is 0. The molecule has 0 aromatic heterocycles. The Labute approximate surface area is 67.3 Å². The molecule has 2 rings (SSSR count). The number of nitrogens with one attached hydrogen (secondary N) is 1. The van der Waals surface area contributed by atoms with E-state index in [0.717, 1.165) is 12.1 Å². The van der Waals surface area contributed by atoms with Crippen LogP contribution in [0.15, 0.2) is 0 Å². The Balaban J connectivity index is 0.000000179. The fourth-order valence-electron chi connectivity index (χ4n) is 1.97. The van der Waals surface area contributed by atoms with E-state index in [4.69, 9.17) is 4.79 Å². The van der Waals surface area contributed by atoms with Crippen molar-refractivity contribution in [1.82, 2.24) is 5.32 Å². The summed E-state index contributed by atoms with van der Waals surface area (Å²) in [5.74, 6) is 0. The van der Waals surface area contributed by atoms with Crippen molar-refractivity contribution in [2.24, 2.45) is 5.73 Å². The Hall–Kier alpha value is -0.570. The number of hydrogen-bond donors (Lipinski definition) is 2. The van der Waals surface area contributed by atoms with Gasteiger partial charge in [-0.1, -0.05) is 6.42 Å². The molecule has 2 unspecified atom stereocenters. The van der Waals surface area contributed by atoms with Gasteiger partial charge in [-0.3, -0.25) is 4.79 Å². The fraction of sp³-hybridized carbons (Fsp3) is 0.875. The zero-order chi connectivity index (χ0) is 8.10. The summed E-state index contributed by atoms with van der Waals surface area (Å²) in [6.45, 7) is 0. The van der Waals surface area contributed by atoms with Gasteiger partial charge in [-0.2, -0.15) is 0 Å². The number of rotatable bonds is 0. The molecule has 3 heteroatoms. The molecule has 2 fully saturated rings. The first-order valence-electron chi connectivity index (χ1n) is 4.28. The molecule has 2 aliphatic rings. The number of nitrogens with two attached hydrogens (primary N) is 1. The van der Waals surface area contributed by atoms with E-state index in [0.29, 0.717) is 0 Å². The third-order valence-corrected chi connectivity index (χ3v) is 2.44. The molecule has 0 aliphatic carbocycles. The van der Waals surface area contributed by atoms with Gasteiger partial charge in [0.15, 0.2) is 0 Å². The Bertz CT molecular complexity index is 113. The molecular formula is C8H16N2O. The Kier molecular flexibility index (Phi) is 3.36. The molecule has 3 nitrogen and oxygen atoms in total. The molecule has 11 heavy (non-hydrogen) atoms. The van der Waals surface area contributed by atoms with E-state index in [1.165, 1.54) is 32.1 Å². The molecule has 2 heterocycles. The van der Waals surface area contributed by atoms with Gasteiger partial charge in [0.2, 0.25) is 6.41 Å². The highest BCUT2D eigenvalue weighted by atomic mass is 16.1. The molecule has 0 spiro atoms. The summed E-state index contributed by atoms with van der Waals surface area (Å²) in [4.78, 5) is 8.58. The number of amides is 1. The lowest BCUT2D eigenvalue weighted by Crippen LogP contribution is -2.33. The smallest absolute Gasteiger partial charge is 0.204 e. The molecule has 64 valence electrons. The van der Waals surface area contributed by atoms with Crippen LogP contribution in [-0.2, 0) is 4.79 Å². The van der Waals surface area contributed by atoms with E-state index in [9.17, 15) is 0 Å². The van der Waals surface area contributed by atoms with Crippen LogP contribution >= 0.6 is 0 Å². The average Bonchev–Trinajstić information content (AvgIpc) is 2.33. The van der Waals surface area contributed by atoms with E-state index < -0.39 is 0 Å². The van der Waals surface area contributed by atoms with Crippen LogP contribution < -0.4 is 11.1 Å². The monoisotopic (exact) mass is 156 g/mol. The van der Waals surface area contributed by atoms with Crippen molar-refractivity contribution in [1.29, 1.82) is 0 Å². The topological polar surface area (TPSA) is 55.1 Å². The van der Waals surface area contributed by atoms with Crippen LogP contribution in [0.1, 0.15) is 32.1 Å². The van der Waals surface area contributed by atoms with Crippen LogP contribution in [-0.4, -0.2) is 18.5 Å². The molecule has 2 saturated heterocycles. The minimum Gasteiger partial charge on any atom is -0.372 e. The van der Waals surface area contributed by atoms with Crippen LogP contribution in [0.4, 0.5) is 0 Å². The summed E-state index contributed by atoms with van der Waals surface area (Å²) in [7, 11) is 0. The standard InChI is InChI=1S/C7H13N.CH3NO/c1-2-6-4-5-7(3-1)8-6;2-1-3/h6-8H,1-5H2;1H,(H2,2,3). The summed E-state index contributed by atoms with van der Waals surface area (Å²) in [5.41, 5.74) is 4.17. The lowest BCUT2D eigenvalue weighted by atomic mass is 10.1. The fourth-order valence-corrected chi connectivity index (χ4v) is 1.97. The average molecular weight is 156 g/mol. The molecule has 0 radical (unpaired) electrons. The normalized spacial score (nSPS) is 33.8. The maximum Gasteiger partial charge on any atom is 0.204 e. The second-order valence-corrected chi connectivity index (χ2v) is 3.20. The number of carbonyl (C=O) groups excluding carboxylic acids is 1. The molecule has 2 aliphatic heterocycles. The predicted octanol–water partition coefficient (Wildman–Crippen LogP) is 0.392. The van der Waals surface area contributed by atoms with Gasteiger partial charge < -0.3 is 11.1 Å². The van der Waals surface area contributed by atoms with Crippen LogP contribution in [0.25, 0.3) is 0 Å². The van der Waals surface area contributed by atoms with Gasteiger partial charge in [-0.05, 0) is 25.7 Å². The van der Waals surface area contributed by atoms with Crippen molar-refractivity contribution < 1.29 is 4.79 Å². The summed E-state index contributed by atoms with van der Waals surface area (Å²) in [6.07, 6.45) is 7.50. The molecule has 2 bridgehead atoms. The van der Waals surface area contributed by atoms with Crippen LogP contribution in [0.2, 0.25) is 0 Å². The predicted molar refractivity (Wildman–Crippen MR) is 44.0 cm³/mol. The first kappa shape index (κ1) is 8.53. The number of carbonyl (C=O) groups is 1. The highest BCUT2D eigenvalue weighted by molar-refractivity contribution is 5.42. The largest absolute Gasteiger partial charge is 0.372 e. The maximum absolute atomic E-state index is 8.58. The zero-order valence-corrected chi connectivity index (χ0v) is 6.75. The molecule has 1 amide bonds. The zero-order valence-electron chi connectivity index (χ0n) is 6.75. The second kappa shape index (κ2) is 4.34. The first-order chi connectivity index (χ1) is 5.36. The highest BCUT2D eigenvalue weighted by Gasteiger charge is 2.26. The SMILES string of the molecule is C1CC2CCC(C1)N2.NC=O. The van der Waals surface area contributed by atoms with Gasteiger partial charge in [-0.15, -0.1) is 0 Å². The molecule has 0 aromatic carbocycles. The van der Waals surface area contributed by atoms with Crippen molar-refractivity contribution in [2.75, 3.05) is 0 Å². The third-order valence-electron chi connectivity index (χ3n) is 2.44. The molecule has 0 saturated carbocycles. The summed E-state index contributed by atoms with van der Waals surface area (Å²) in [6, 6.07) is 1.82. The molecule has 3 N–H and O–H groups in total. The molecule has 0 aromatic rings. The Morgan fingerprint density at radius 1 is 1.18 bits per heavy atom. The van der Waals surface area contributed by atoms with E-state index in [2.05, 4.69) is 11.1 Å². The summed E-state index contributed by atoms with van der Waals surface area (Å²) < 4.78 is 0. The van der Waals surface area contributed by atoms with Gasteiger partial charge >= 0.3 is 0 Å². The van der Waals surface area contributed by atoms with E-state index >= 15 is 0 Å². The van der Waals surface area contributed by atoms with Crippen LogP contribution in [0, 0.1) is 0 Å². The lowest BCUT2D eigenvalue weighted by Gasteiger charge is -2.19. The minimum absolute atomic E-state index is 0.250. The van der Waals surface area contributed by atoms with Crippen molar-refractivity contribution in [3.05, 3.63) is 0 Å². The van der Waals surface area contributed by atoms with Crippen molar-refractivity contribution in [2.45, 2.75) is 44.2 Å². The number of primary amides is 1. The summed E-state index contributed by atoms with van der Waals surface area (Å²) in [5, 5.41) is 3.59. The number of fused-ring (bicyclic) bond motifs is 2. The molecular weight excluding hydrogens is 140 g/mol. The van der Waals surface area contributed by atoms with Gasteiger partial charge in [-0.25, -0.2) is 0 Å². The quantitative estimate of drug-likeness (QED) is 0.498. The maximum atomic E-state index is 8.58. The first-order valence-corrected chi connectivity index (χ1v) is 4.28. The van der Waals surface area contributed by atoms with Gasteiger partial charge in [0.05, 0.1) is 0 Å². The van der Waals surface area contributed by atoms with Crippen LogP contribution in [0.5, 0.6) is 0 Å². The van der Waals surface area contributed by atoms with Gasteiger partial charge in [0, 0.05) is 12.1 Å². The molecule has 2 atom stereocenters. The minimum atomic E-state index is 0.250. The third kappa shape index (κ3) is 2.50. The van der Waals surface area contributed by atoms with Gasteiger partial charge in [0.25, 0.3) is 0 Å². The van der Waals surface area contributed by atoms with Crippen molar-refractivity contribution in [3.63, 3.8) is 0 Å². The second-order valence-electron chi connectivity index (χ2n) is 3.20. The van der Waals surface area contributed by atoms with E-state index in [1.54, 1.807) is 0 Å². The Morgan fingerprint density at radius 2 is 1.64 bits per heavy atom. The highest BCUT2D eigenvalue weighted by Crippen LogP contribution is 2.25. The van der Waals surface area contributed by atoms with Gasteiger partial charge in [0.1, 0.15) is 0 Å².